The van der Waals surface area contributed by atoms with Crippen LogP contribution in [0.4, 0.5) is 18.0 Å². The van der Waals surface area contributed by atoms with Gasteiger partial charge in [0, 0.05) is 17.7 Å². The first-order chi connectivity index (χ1) is 12.3. The number of carbonyl (C=O) groups is 2. The molecule has 1 aliphatic rings. The van der Waals surface area contributed by atoms with E-state index >= 15 is 0 Å². The molecule has 0 saturated carbocycles. The summed E-state index contributed by atoms with van der Waals surface area (Å²) < 4.78 is 73.2. The van der Waals surface area contributed by atoms with Crippen LogP contribution < -0.4 is 0 Å². The van der Waals surface area contributed by atoms with E-state index in [0.717, 1.165) is 24.3 Å². The van der Waals surface area contributed by atoms with E-state index in [1.807, 2.05) is 0 Å². The van der Waals surface area contributed by atoms with Crippen LogP contribution in [-0.2, 0) is 35.3 Å². The van der Waals surface area contributed by atoms with Gasteiger partial charge in [0.05, 0.1) is 10.1 Å². The van der Waals surface area contributed by atoms with E-state index in [-0.39, 0.29) is 29.4 Å². The van der Waals surface area contributed by atoms with Gasteiger partial charge < -0.3 is 14.0 Å². The molecule has 0 bridgehead atoms. The zero-order valence-electron chi connectivity index (χ0n) is 14.9. The van der Waals surface area contributed by atoms with Gasteiger partial charge in [0.25, 0.3) is 0 Å². The Balaban J connectivity index is 0.000000541. The largest absolute Gasteiger partial charge is 0.748 e. The van der Waals surface area contributed by atoms with Crippen molar-refractivity contribution in [2.75, 3.05) is 30.5 Å². The monoisotopic (exact) mass is 436 g/mol. The maximum absolute atomic E-state index is 11.5. The van der Waals surface area contributed by atoms with Crippen molar-refractivity contribution >= 4 is 32.3 Å². The number of ether oxygens (including phenoxy) is 2. The zero-order chi connectivity index (χ0) is 21.1. The van der Waals surface area contributed by atoms with Crippen molar-refractivity contribution in [3.63, 3.8) is 0 Å². The summed E-state index contributed by atoms with van der Waals surface area (Å²) in [5.74, 6) is 0.501. The summed E-state index contributed by atoms with van der Waals surface area (Å²) in [6, 6.07) is 0. The quantitative estimate of drug-likeness (QED) is 0.198. The lowest BCUT2D eigenvalue weighted by Gasteiger charge is -2.07. The standard InChI is InChI=1S/C11H17O4S.C4H7F3O3S/c1-9(2)10(12)14-5-6-15-11(13)16-7-3-4-8-16;5-4(6,7)2-1-3-11(8,9)10/h1,3-8H2,2H3;1-3H2,(H,8,9,10)/q+1;/p-1. The minimum atomic E-state index is -4.50. The van der Waals surface area contributed by atoms with Crippen molar-refractivity contribution in [3.8, 4) is 0 Å². The molecule has 0 aromatic carbocycles. The van der Waals surface area contributed by atoms with Crippen molar-refractivity contribution in [1.82, 2.24) is 0 Å². The number of hydrogen-bond acceptors (Lipinski definition) is 7. The van der Waals surface area contributed by atoms with E-state index in [0.29, 0.717) is 5.57 Å². The second-order valence-corrected chi connectivity index (χ2v) is 9.26. The van der Waals surface area contributed by atoms with E-state index in [9.17, 15) is 35.7 Å². The van der Waals surface area contributed by atoms with Gasteiger partial charge in [-0.05, 0) is 26.2 Å². The maximum atomic E-state index is 11.5. The van der Waals surface area contributed by atoms with Gasteiger partial charge in [-0.2, -0.15) is 18.0 Å². The average molecular weight is 436 g/mol. The molecule has 7 nitrogen and oxygen atoms in total. The third-order valence-corrected chi connectivity index (χ3v) is 5.95. The highest BCUT2D eigenvalue weighted by molar-refractivity contribution is 8.10. The Hall–Kier alpha value is -1.27. The van der Waals surface area contributed by atoms with Crippen molar-refractivity contribution < 1.29 is 45.2 Å². The number of hydrogen-bond donors (Lipinski definition) is 0. The summed E-state index contributed by atoms with van der Waals surface area (Å²) in [6.45, 7) is 5.27. The highest BCUT2D eigenvalue weighted by Gasteiger charge is 2.34. The molecule has 158 valence electrons. The first kappa shape index (κ1) is 25.7. The number of alkyl halides is 3. The Morgan fingerprint density at radius 2 is 1.67 bits per heavy atom. The molecule has 0 radical (unpaired) electrons. The van der Waals surface area contributed by atoms with Gasteiger partial charge in [0.2, 0.25) is 0 Å². The molecule has 1 fully saturated rings. The molecule has 1 aliphatic heterocycles. The molecular weight excluding hydrogens is 413 g/mol. The van der Waals surface area contributed by atoms with Crippen LogP contribution in [-0.4, -0.2) is 60.9 Å². The fourth-order valence-corrected chi connectivity index (χ4v) is 4.13. The van der Waals surface area contributed by atoms with Crippen LogP contribution in [0, 0.1) is 0 Å². The second kappa shape index (κ2) is 12.2. The van der Waals surface area contributed by atoms with Gasteiger partial charge >= 0.3 is 17.4 Å². The number of carbonyl (C=O) groups excluding carboxylic acids is 2. The molecular formula is C15H23F3O7S2. The van der Waals surface area contributed by atoms with Crippen LogP contribution >= 0.6 is 0 Å². The SMILES string of the molecule is C=C(C)C(=O)OCCOC(=O)[S+]1CCCC1.O=S(=O)([O-])CCCC(F)(F)F. The van der Waals surface area contributed by atoms with Gasteiger partial charge in [-0.15, -0.1) is 0 Å². The summed E-state index contributed by atoms with van der Waals surface area (Å²) in [6.07, 6.45) is -4.04. The first-order valence-electron chi connectivity index (χ1n) is 7.99. The van der Waals surface area contributed by atoms with Crippen LogP contribution in [0.5, 0.6) is 0 Å². The summed E-state index contributed by atoms with van der Waals surface area (Å²) in [7, 11) is -4.71. The third kappa shape index (κ3) is 15.5. The average Bonchev–Trinajstić information content (AvgIpc) is 3.03. The smallest absolute Gasteiger partial charge is 0.525 e. The summed E-state index contributed by atoms with van der Waals surface area (Å²) in [5, 5.41) is -0.135. The Labute approximate surface area is 159 Å². The molecule has 12 heteroatoms. The molecule has 1 heterocycles. The fraction of sp³-hybridized carbons (Fsp3) is 0.733. The van der Waals surface area contributed by atoms with E-state index < -0.39 is 40.9 Å². The van der Waals surface area contributed by atoms with Crippen LogP contribution in [0.1, 0.15) is 32.6 Å². The van der Waals surface area contributed by atoms with Gasteiger partial charge in [-0.3, -0.25) is 0 Å². The van der Waals surface area contributed by atoms with Crippen LogP contribution in [0.2, 0.25) is 0 Å². The number of esters is 1. The molecule has 1 rings (SSSR count). The Morgan fingerprint density at radius 3 is 2.11 bits per heavy atom. The van der Waals surface area contributed by atoms with E-state index in [1.165, 1.54) is 0 Å². The molecule has 0 aromatic heterocycles. The molecule has 0 N–H and O–H groups in total. The topological polar surface area (TPSA) is 110 Å². The lowest BCUT2D eigenvalue weighted by Crippen LogP contribution is -2.21. The molecule has 0 spiro atoms. The van der Waals surface area contributed by atoms with Crippen molar-refractivity contribution in [2.24, 2.45) is 0 Å². The Bertz CT molecular complexity index is 597. The predicted octanol–water partition coefficient (Wildman–Crippen LogP) is 2.53. The normalized spacial score (nSPS) is 14.9. The minimum Gasteiger partial charge on any atom is -0.748 e. The lowest BCUT2D eigenvalue weighted by molar-refractivity contribution is -0.140. The van der Waals surface area contributed by atoms with Crippen LogP contribution in [0.3, 0.4) is 0 Å². The first-order valence-corrected chi connectivity index (χ1v) is 11.1. The van der Waals surface area contributed by atoms with Gasteiger partial charge in [0.15, 0.2) is 0 Å². The summed E-state index contributed by atoms with van der Waals surface area (Å²) in [5.41, 5.74) is 0.351. The predicted molar refractivity (Wildman–Crippen MR) is 93.3 cm³/mol. The van der Waals surface area contributed by atoms with Gasteiger partial charge in [0.1, 0.15) is 35.6 Å². The summed E-state index contributed by atoms with van der Waals surface area (Å²) in [4.78, 5) is 22.4. The summed E-state index contributed by atoms with van der Waals surface area (Å²) >= 11 is 0. The fourth-order valence-electron chi connectivity index (χ4n) is 1.74. The highest BCUT2D eigenvalue weighted by Crippen LogP contribution is 2.21. The molecule has 27 heavy (non-hydrogen) atoms. The van der Waals surface area contributed by atoms with Gasteiger partial charge in [-0.25, -0.2) is 13.2 Å². The van der Waals surface area contributed by atoms with Crippen molar-refractivity contribution in [2.45, 2.75) is 38.8 Å². The molecule has 0 unspecified atom stereocenters. The molecule has 1 saturated heterocycles. The molecule has 0 amide bonds. The number of rotatable bonds is 7. The molecule has 0 aromatic rings. The number of halogens is 3. The Kier molecular flexibility index (Phi) is 11.7. The minimum absolute atomic E-state index is 0.106. The Morgan fingerprint density at radius 1 is 1.15 bits per heavy atom. The van der Waals surface area contributed by atoms with E-state index in [4.69, 9.17) is 9.47 Å². The van der Waals surface area contributed by atoms with E-state index in [1.54, 1.807) is 6.92 Å². The van der Waals surface area contributed by atoms with Gasteiger partial charge in [-0.1, -0.05) is 6.58 Å². The molecule has 0 aliphatic carbocycles. The van der Waals surface area contributed by atoms with Crippen molar-refractivity contribution in [1.29, 1.82) is 0 Å². The zero-order valence-corrected chi connectivity index (χ0v) is 16.5. The lowest BCUT2D eigenvalue weighted by atomic mass is 10.3. The molecule has 0 atom stereocenters. The maximum Gasteiger partial charge on any atom is 0.525 e. The van der Waals surface area contributed by atoms with Crippen molar-refractivity contribution in [3.05, 3.63) is 12.2 Å². The van der Waals surface area contributed by atoms with Crippen LogP contribution in [0.25, 0.3) is 0 Å². The second-order valence-electron chi connectivity index (χ2n) is 5.60. The third-order valence-electron chi connectivity index (χ3n) is 3.01. The van der Waals surface area contributed by atoms with E-state index in [2.05, 4.69) is 6.58 Å². The highest BCUT2D eigenvalue weighted by atomic mass is 32.2. The van der Waals surface area contributed by atoms with Crippen LogP contribution in [0.15, 0.2) is 12.2 Å².